The Bertz CT molecular complexity index is 704. The van der Waals surface area contributed by atoms with Gasteiger partial charge in [0.2, 0.25) is 0 Å². The number of rotatable bonds is 4. The summed E-state index contributed by atoms with van der Waals surface area (Å²) in [5.41, 5.74) is 9.53. The molecule has 0 saturated heterocycles. The van der Waals surface area contributed by atoms with E-state index in [4.69, 9.17) is 5.73 Å². The first-order chi connectivity index (χ1) is 10.2. The number of hydrogen-bond donors (Lipinski definition) is 2. The summed E-state index contributed by atoms with van der Waals surface area (Å²) in [6.45, 7) is 0. The molecule has 0 bridgehead atoms. The van der Waals surface area contributed by atoms with Gasteiger partial charge in [-0.3, -0.25) is 0 Å². The first kappa shape index (κ1) is 14.3. The van der Waals surface area contributed by atoms with Gasteiger partial charge in [0, 0.05) is 16.0 Å². The summed E-state index contributed by atoms with van der Waals surface area (Å²) >= 11 is 2.30. The van der Waals surface area contributed by atoms with E-state index in [1.807, 2.05) is 36.5 Å². The number of imidazole rings is 1. The third-order valence-corrected chi connectivity index (χ3v) is 4.14. The normalized spacial score (nSPS) is 12.3. The maximum Gasteiger partial charge on any atom is 0.108 e. The largest absolute Gasteiger partial charge is 0.342 e. The lowest BCUT2D eigenvalue weighted by molar-refractivity contribution is 0.695. The van der Waals surface area contributed by atoms with Crippen LogP contribution in [0, 0.1) is 3.57 Å². The van der Waals surface area contributed by atoms with Gasteiger partial charge in [0.1, 0.15) is 5.82 Å². The Morgan fingerprint density at radius 3 is 2.48 bits per heavy atom. The molecule has 0 saturated carbocycles. The molecule has 3 nitrogen and oxygen atoms in total. The van der Waals surface area contributed by atoms with Crippen LogP contribution in [0.1, 0.15) is 17.4 Å². The van der Waals surface area contributed by atoms with Crippen molar-refractivity contribution >= 4 is 22.6 Å². The second-order valence-electron chi connectivity index (χ2n) is 4.97. The van der Waals surface area contributed by atoms with Gasteiger partial charge in [-0.05, 0) is 45.9 Å². The Balaban J connectivity index is 1.75. The predicted molar refractivity (Wildman–Crippen MR) is 93.8 cm³/mol. The zero-order valence-electron chi connectivity index (χ0n) is 11.5. The number of nitrogens with zero attached hydrogens (tertiary/aromatic N) is 1. The molecule has 4 heteroatoms. The molecule has 0 aliphatic carbocycles. The van der Waals surface area contributed by atoms with Gasteiger partial charge in [-0.25, -0.2) is 4.98 Å². The highest BCUT2D eigenvalue weighted by Gasteiger charge is 2.10. The van der Waals surface area contributed by atoms with Gasteiger partial charge >= 0.3 is 0 Å². The molecule has 106 valence electrons. The van der Waals surface area contributed by atoms with Gasteiger partial charge in [-0.2, -0.15) is 0 Å². The number of hydrogen-bond acceptors (Lipinski definition) is 2. The molecular formula is C17H16IN3. The van der Waals surface area contributed by atoms with Gasteiger partial charge in [0.05, 0.1) is 11.9 Å². The molecule has 0 radical (unpaired) electrons. The summed E-state index contributed by atoms with van der Waals surface area (Å²) in [7, 11) is 0. The SMILES string of the molecule is NC(Cc1ncc(-c2ccc(I)cc2)[nH]1)c1ccccc1. The number of aromatic amines is 1. The van der Waals surface area contributed by atoms with Crippen molar-refractivity contribution < 1.29 is 0 Å². The van der Waals surface area contributed by atoms with Gasteiger partial charge < -0.3 is 10.7 Å². The molecule has 3 rings (SSSR count). The van der Waals surface area contributed by atoms with Crippen molar-refractivity contribution in [3.63, 3.8) is 0 Å². The lowest BCUT2D eigenvalue weighted by atomic mass is 10.0. The molecule has 0 amide bonds. The van der Waals surface area contributed by atoms with Crippen LogP contribution in [0.15, 0.2) is 60.8 Å². The lowest BCUT2D eigenvalue weighted by Gasteiger charge is -2.09. The Labute approximate surface area is 137 Å². The van der Waals surface area contributed by atoms with E-state index in [-0.39, 0.29) is 6.04 Å². The zero-order chi connectivity index (χ0) is 14.7. The number of aromatic nitrogens is 2. The molecule has 1 unspecified atom stereocenters. The van der Waals surface area contributed by atoms with Crippen LogP contribution >= 0.6 is 22.6 Å². The van der Waals surface area contributed by atoms with E-state index in [2.05, 4.69) is 56.8 Å². The van der Waals surface area contributed by atoms with Crippen molar-refractivity contribution in [2.24, 2.45) is 5.73 Å². The lowest BCUT2D eigenvalue weighted by Crippen LogP contribution is -2.13. The molecule has 3 N–H and O–H groups in total. The molecule has 1 atom stereocenters. The highest BCUT2D eigenvalue weighted by atomic mass is 127. The Morgan fingerprint density at radius 2 is 1.76 bits per heavy atom. The second kappa shape index (κ2) is 6.41. The topological polar surface area (TPSA) is 54.7 Å². The Kier molecular flexibility index (Phi) is 4.36. The van der Waals surface area contributed by atoms with Gasteiger partial charge in [0.25, 0.3) is 0 Å². The standard InChI is InChI=1S/C17H16IN3/c18-14-8-6-13(7-9-14)16-11-20-17(21-16)10-15(19)12-4-2-1-3-5-12/h1-9,11,15H,10,19H2,(H,20,21). The average molecular weight is 389 g/mol. The van der Waals surface area contributed by atoms with Gasteiger partial charge in [-0.15, -0.1) is 0 Å². The number of H-pyrrole nitrogens is 1. The van der Waals surface area contributed by atoms with E-state index < -0.39 is 0 Å². The summed E-state index contributed by atoms with van der Waals surface area (Å²) in [5.74, 6) is 0.917. The van der Waals surface area contributed by atoms with E-state index in [9.17, 15) is 0 Å². The van der Waals surface area contributed by atoms with E-state index in [0.717, 1.165) is 22.6 Å². The third kappa shape index (κ3) is 3.51. The van der Waals surface area contributed by atoms with Crippen LogP contribution in [0.3, 0.4) is 0 Å². The van der Waals surface area contributed by atoms with Crippen molar-refractivity contribution in [1.82, 2.24) is 9.97 Å². The van der Waals surface area contributed by atoms with Crippen molar-refractivity contribution in [3.8, 4) is 11.3 Å². The molecule has 0 aliphatic heterocycles. The molecule has 0 fully saturated rings. The van der Waals surface area contributed by atoms with Gasteiger partial charge in [-0.1, -0.05) is 42.5 Å². The Hall–Kier alpha value is -1.66. The fraction of sp³-hybridized carbons (Fsp3) is 0.118. The van der Waals surface area contributed by atoms with Crippen molar-refractivity contribution in [3.05, 3.63) is 75.8 Å². The fourth-order valence-electron chi connectivity index (χ4n) is 2.27. The van der Waals surface area contributed by atoms with Crippen LogP contribution in [-0.2, 0) is 6.42 Å². The van der Waals surface area contributed by atoms with Crippen molar-refractivity contribution in [2.45, 2.75) is 12.5 Å². The second-order valence-corrected chi connectivity index (χ2v) is 6.22. The van der Waals surface area contributed by atoms with E-state index in [1.165, 1.54) is 3.57 Å². The van der Waals surface area contributed by atoms with Crippen LogP contribution in [0.2, 0.25) is 0 Å². The van der Waals surface area contributed by atoms with E-state index in [0.29, 0.717) is 6.42 Å². The minimum atomic E-state index is -0.0399. The van der Waals surface area contributed by atoms with Gasteiger partial charge in [0.15, 0.2) is 0 Å². The van der Waals surface area contributed by atoms with Crippen LogP contribution in [0.25, 0.3) is 11.3 Å². The molecule has 0 aliphatic rings. The summed E-state index contributed by atoms with van der Waals surface area (Å²) < 4.78 is 1.22. The number of benzene rings is 2. The number of nitrogens with two attached hydrogens (primary N) is 1. The summed E-state index contributed by atoms with van der Waals surface area (Å²) in [6.07, 6.45) is 2.57. The maximum absolute atomic E-state index is 6.23. The molecule has 1 heterocycles. The first-order valence-electron chi connectivity index (χ1n) is 6.83. The molecule has 1 aromatic heterocycles. The van der Waals surface area contributed by atoms with Crippen LogP contribution in [0.5, 0.6) is 0 Å². The Morgan fingerprint density at radius 1 is 1.05 bits per heavy atom. The predicted octanol–water partition coefficient (Wildman–Crippen LogP) is 3.92. The summed E-state index contributed by atoms with van der Waals surface area (Å²) in [4.78, 5) is 7.80. The fourth-order valence-corrected chi connectivity index (χ4v) is 2.63. The highest BCUT2D eigenvalue weighted by molar-refractivity contribution is 14.1. The quantitative estimate of drug-likeness (QED) is 0.665. The van der Waals surface area contributed by atoms with Crippen LogP contribution in [0.4, 0.5) is 0 Å². The third-order valence-electron chi connectivity index (χ3n) is 3.42. The monoisotopic (exact) mass is 389 g/mol. The average Bonchev–Trinajstić information content (AvgIpc) is 2.97. The van der Waals surface area contributed by atoms with Crippen molar-refractivity contribution in [1.29, 1.82) is 0 Å². The molecule has 2 aromatic carbocycles. The molecule has 0 spiro atoms. The van der Waals surface area contributed by atoms with E-state index >= 15 is 0 Å². The van der Waals surface area contributed by atoms with Crippen LogP contribution in [-0.4, -0.2) is 9.97 Å². The summed E-state index contributed by atoms with van der Waals surface area (Å²) in [6, 6.07) is 18.4. The molecular weight excluding hydrogens is 373 g/mol. The number of nitrogens with one attached hydrogen (secondary N) is 1. The smallest absolute Gasteiger partial charge is 0.108 e. The maximum atomic E-state index is 6.23. The molecule has 21 heavy (non-hydrogen) atoms. The van der Waals surface area contributed by atoms with Crippen molar-refractivity contribution in [2.75, 3.05) is 0 Å². The number of halogens is 1. The highest BCUT2D eigenvalue weighted by Crippen LogP contribution is 2.20. The minimum Gasteiger partial charge on any atom is -0.342 e. The molecule has 3 aromatic rings. The van der Waals surface area contributed by atoms with Crippen LogP contribution < -0.4 is 5.73 Å². The summed E-state index contributed by atoms with van der Waals surface area (Å²) in [5, 5.41) is 0. The zero-order valence-corrected chi connectivity index (χ0v) is 13.6. The first-order valence-corrected chi connectivity index (χ1v) is 7.90. The minimum absolute atomic E-state index is 0.0399. The van der Waals surface area contributed by atoms with E-state index in [1.54, 1.807) is 0 Å².